The summed E-state index contributed by atoms with van der Waals surface area (Å²) in [5.41, 5.74) is 5.31. The lowest BCUT2D eigenvalue weighted by Crippen LogP contribution is -1.95. The smallest absolute Gasteiger partial charge is 0.0719 e. The first-order chi connectivity index (χ1) is 8.86. The molecule has 0 aliphatic heterocycles. The van der Waals surface area contributed by atoms with Gasteiger partial charge in [0.05, 0.1) is 6.61 Å². The molecule has 0 fully saturated rings. The molecule has 2 rings (SSSR count). The number of methoxy groups -OCH3 is 1. The molecule has 0 aliphatic carbocycles. The van der Waals surface area contributed by atoms with Crippen molar-refractivity contribution in [3.8, 4) is 11.1 Å². The van der Waals surface area contributed by atoms with Crippen molar-refractivity contribution < 1.29 is 4.74 Å². The summed E-state index contributed by atoms with van der Waals surface area (Å²) in [6, 6.07) is 17.1. The summed E-state index contributed by atoms with van der Waals surface area (Å²) in [4.78, 5) is 0. The van der Waals surface area contributed by atoms with Crippen molar-refractivity contribution in [1.82, 2.24) is 0 Å². The zero-order valence-electron chi connectivity index (χ0n) is 11.1. The van der Waals surface area contributed by atoms with Crippen molar-refractivity contribution in [2.24, 2.45) is 0 Å². The van der Waals surface area contributed by atoms with E-state index in [0.717, 1.165) is 6.42 Å². The van der Waals surface area contributed by atoms with Gasteiger partial charge in [-0.05, 0) is 28.7 Å². The zero-order valence-corrected chi connectivity index (χ0v) is 11.1. The van der Waals surface area contributed by atoms with Crippen LogP contribution in [0.3, 0.4) is 0 Å². The Hall–Kier alpha value is -1.60. The number of aryl methyl sites for hydroxylation is 1. The van der Waals surface area contributed by atoms with Crippen LogP contribution in [0.5, 0.6) is 0 Å². The van der Waals surface area contributed by atoms with Gasteiger partial charge in [0, 0.05) is 7.11 Å². The van der Waals surface area contributed by atoms with Crippen LogP contribution in [0, 0.1) is 0 Å². The molecule has 0 saturated heterocycles. The van der Waals surface area contributed by atoms with E-state index in [-0.39, 0.29) is 0 Å². The molecule has 0 N–H and O–H groups in total. The Labute approximate surface area is 109 Å². The van der Waals surface area contributed by atoms with Gasteiger partial charge < -0.3 is 4.74 Å². The van der Waals surface area contributed by atoms with Gasteiger partial charge in [0.15, 0.2) is 0 Å². The third kappa shape index (κ3) is 2.80. The van der Waals surface area contributed by atoms with E-state index in [9.17, 15) is 0 Å². The lowest BCUT2D eigenvalue weighted by Gasteiger charge is -2.13. The minimum Gasteiger partial charge on any atom is -0.380 e. The molecule has 0 aliphatic rings. The van der Waals surface area contributed by atoms with Crippen LogP contribution in [0.25, 0.3) is 11.1 Å². The monoisotopic (exact) mass is 240 g/mol. The summed E-state index contributed by atoms with van der Waals surface area (Å²) in [5.74, 6) is 0. The van der Waals surface area contributed by atoms with Crippen LogP contribution in [-0.4, -0.2) is 7.11 Å². The molecule has 2 aromatic rings. The van der Waals surface area contributed by atoms with Crippen LogP contribution in [-0.2, 0) is 17.8 Å². The summed E-state index contributed by atoms with van der Waals surface area (Å²) in [7, 11) is 1.74. The van der Waals surface area contributed by atoms with Crippen LogP contribution in [0.15, 0.2) is 48.5 Å². The lowest BCUT2D eigenvalue weighted by atomic mass is 9.94. The minimum absolute atomic E-state index is 0.663. The average molecular weight is 240 g/mol. The second-order valence-corrected chi connectivity index (χ2v) is 4.50. The predicted molar refractivity (Wildman–Crippen MR) is 76.6 cm³/mol. The van der Waals surface area contributed by atoms with Crippen molar-refractivity contribution in [2.75, 3.05) is 7.11 Å². The van der Waals surface area contributed by atoms with Crippen molar-refractivity contribution in [1.29, 1.82) is 0 Å². The van der Waals surface area contributed by atoms with E-state index in [2.05, 4.69) is 55.5 Å². The molecule has 0 heterocycles. The number of ether oxygens (including phenoxy) is 1. The highest BCUT2D eigenvalue weighted by atomic mass is 16.5. The van der Waals surface area contributed by atoms with E-state index in [1.54, 1.807) is 7.11 Å². The van der Waals surface area contributed by atoms with Crippen molar-refractivity contribution in [3.63, 3.8) is 0 Å². The summed E-state index contributed by atoms with van der Waals surface area (Å²) in [5, 5.41) is 0. The molecule has 0 amide bonds. The van der Waals surface area contributed by atoms with E-state index in [1.807, 2.05) is 0 Å². The summed E-state index contributed by atoms with van der Waals surface area (Å²) in [6.07, 6.45) is 2.29. The number of rotatable bonds is 5. The topological polar surface area (TPSA) is 9.23 Å². The maximum absolute atomic E-state index is 5.29. The quantitative estimate of drug-likeness (QED) is 0.750. The summed E-state index contributed by atoms with van der Waals surface area (Å²) < 4.78 is 5.29. The molecule has 0 aromatic heterocycles. The number of hydrogen-bond donors (Lipinski definition) is 0. The molecule has 0 spiro atoms. The Kier molecular flexibility index (Phi) is 4.54. The summed E-state index contributed by atoms with van der Waals surface area (Å²) >= 11 is 0. The van der Waals surface area contributed by atoms with E-state index < -0.39 is 0 Å². The molecule has 2 aromatic carbocycles. The standard InChI is InChI=1S/C17H20O/c1-3-8-14-9-4-6-11-16(14)17-12-7-5-10-15(17)13-18-2/h4-7,9-12H,3,8,13H2,1-2H3. The first kappa shape index (κ1) is 12.8. The van der Waals surface area contributed by atoms with Crippen LogP contribution in [0.2, 0.25) is 0 Å². The van der Waals surface area contributed by atoms with Crippen molar-refractivity contribution in [3.05, 3.63) is 59.7 Å². The molecule has 0 radical (unpaired) electrons. The van der Waals surface area contributed by atoms with Crippen molar-refractivity contribution >= 4 is 0 Å². The molecule has 0 bridgehead atoms. The van der Waals surface area contributed by atoms with Gasteiger partial charge >= 0.3 is 0 Å². The summed E-state index contributed by atoms with van der Waals surface area (Å²) in [6.45, 7) is 2.88. The van der Waals surface area contributed by atoms with Crippen LogP contribution < -0.4 is 0 Å². The second-order valence-electron chi connectivity index (χ2n) is 4.50. The zero-order chi connectivity index (χ0) is 12.8. The van der Waals surface area contributed by atoms with Gasteiger partial charge in [-0.2, -0.15) is 0 Å². The normalized spacial score (nSPS) is 10.6. The van der Waals surface area contributed by atoms with E-state index in [0.29, 0.717) is 6.61 Å². The molecule has 0 unspecified atom stereocenters. The van der Waals surface area contributed by atoms with Crippen LogP contribution >= 0.6 is 0 Å². The van der Waals surface area contributed by atoms with Gasteiger partial charge in [0.2, 0.25) is 0 Å². The van der Waals surface area contributed by atoms with Gasteiger partial charge in [-0.25, -0.2) is 0 Å². The highest BCUT2D eigenvalue weighted by Crippen LogP contribution is 2.28. The molecule has 18 heavy (non-hydrogen) atoms. The average Bonchev–Trinajstić information content (AvgIpc) is 2.41. The molecular formula is C17H20O. The first-order valence-corrected chi connectivity index (χ1v) is 6.52. The predicted octanol–water partition coefficient (Wildman–Crippen LogP) is 4.45. The largest absolute Gasteiger partial charge is 0.380 e. The highest BCUT2D eigenvalue weighted by Gasteiger charge is 2.07. The van der Waals surface area contributed by atoms with Gasteiger partial charge in [-0.1, -0.05) is 61.9 Å². The Morgan fingerprint density at radius 1 is 0.833 bits per heavy atom. The highest BCUT2D eigenvalue weighted by molar-refractivity contribution is 5.70. The van der Waals surface area contributed by atoms with Crippen molar-refractivity contribution in [2.45, 2.75) is 26.4 Å². The molecular weight excluding hydrogens is 220 g/mol. The second kappa shape index (κ2) is 6.36. The Morgan fingerprint density at radius 3 is 2.00 bits per heavy atom. The van der Waals surface area contributed by atoms with Gasteiger partial charge in [-0.15, -0.1) is 0 Å². The minimum atomic E-state index is 0.663. The lowest BCUT2D eigenvalue weighted by molar-refractivity contribution is 0.185. The van der Waals surface area contributed by atoms with Gasteiger partial charge in [-0.3, -0.25) is 0 Å². The first-order valence-electron chi connectivity index (χ1n) is 6.52. The Balaban J connectivity index is 2.47. The third-order valence-corrected chi connectivity index (χ3v) is 3.14. The fourth-order valence-electron chi connectivity index (χ4n) is 2.33. The Morgan fingerprint density at radius 2 is 1.39 bits per heavy atom. The fourth-order valence-corrected chi connectivity index (χ4v) is 2.33. The molecule has 1 heteroatoms. The Bertz CT molecular complexity index is 455. The third-order valence-electron chi connectivity index (χ3n) is 3.14. The van der Waals surface area contributed by atoms with Crippen LogP contribution in [0.1, 0.15) is 24.5 Å². The molecule has 1 nitrogen and oxygen atoms in total. The van der Waals surface area contributed by atoms with E-state index in [4.69, 9.17) is 4.74 Å². The van der Waals surface area contributed by atoms with E-state index in [1.165, 1.54) is 28.7 Å². The van der Waals surface area contributed by atoms with E-state index >= 15 is 0 Å². The SMILES string of the molecule is CCCc1ccccc1-c1ccccc1COC. The van der Waals surface area contributed by atoms with Crippen LogP contribution in [0.4, 0.5) is 0 Å². The maximum atomic E-state index is 5.29. The molecule has 0 atom stereocenters. The van der Waals surface area contributed by atoms with Gasteiger partial charge in [0.25, 0.3) is 0 Å². The van der Waals surface area contributed by atoms with Gasteiger partial charge in [0.1, 0.15) is 0 Å². The number of hydrogen-bond acceptors (Lipinski definition) is 1. The fraction of sp³-hybridized carbons (Fsp3) is 0.294. The maximum Gasteiger partial charge on any atom is 0.0719 e. The molecule has 94 valence electrons. The molecule has 0 saturated carbocycles. The number of benzene rings is 2.